The highest BCUT2D eigenvalue weighted by Crippen LogP contribution is 2.45. The Bertz CT molecular complexity index is 842. The third kappa shape index (κ3) is 3.92. The molecule has 1 atom stereocenters. The summed E-state index contributed by atoms with van der Waals surface area (Å²) in [5.74, 6) is -0.940. The third-order valence-corrected chi connectivity index (χ3v) is 5.85. The van der Waals surface area contributed by atoms with Crippen molar-refractivity contribution in [1.82, 2.24) is 5.32 Å². The highest BCUT2D eigenvalue weighted by atomic mass is 35.5. The topological polar surface area (TPSA) is 55.4 Å². The molecule has 27 heavy (non-hydrogen) atoms. The van der Waals surface area contributed by atoms with Gasteiger partial charge in [0, 0.05) is 29.3 Å². The van der Waals surface area contributed by atoms with E-state index in [2.05, 4.69) is 5.32 Å². The smallest absolute Gasteiger partial charge is 0.336 e. The summed E-state index contributed by atoms with van der Waals surface area (Å²) < 4.78 is 5.48. The zero-order valence-electron chi connectivity index (χ0n) is 15.5. The number of carbonyl (C=O) groups is 2. The molecule has 4 nitrogen and oxygen atoms in total. The molecule has 2 aliphatic rings. The summed E-state index contributed by atoms with van der Waals surface area (Å²) in [4.78, 5) is 25.7. The standard InChI is InChI=1S/C21H23Cl2NO3/c1-3-4-11-27-21(26)17-12(2)24-15-9-6-10-16(25)19(15)18(17)13-7-5-8-14(22)20(13)23/h5,7-8,18,24H,3-4,6,9-11H2,1-2H3. The molecule has 0 saturated heterocycles. The van der Waals surface area contributed by atoms with E-state index >= 15 is 0 Å². The van der Waals surface area contributed by atoms with Crippen LogP contribution < -0.4 is 5.32 Å². The summed E-state index contributed by atoms with van der Waals surface area (Å²) in [5, 5.41) is 4.03. The van der Waals surface area contributed by atoms with Crippen molar-refractivity contribution in [1.29, 1.82) is 0 Å². The van der Waals surface area contributed by atoms with Gasteiger partial charge in [-0.2, -0.15) is 0 Å². The first-order valence-electron chi connectivity index (χ1n) is 9.30. The van der Waals surface area contributed by atoms with Gasteiger partial charge in [0.05, 0.1) is 22.2 Å². The molecule has 0 bridgehead atoms. The Labute approximate surface area is 169 Å². The van der Waals surface area contributed by atoms with Gasteiger partial charge in [-0.1, -0.05) is 48.7 Å². The Hall–Kier alpha value is -1.78. The first-order chi connectivity index (χ1) is 13.0. The zero-order valence-corrected chi connectivity index (χ0v) is 17.0. The number of hydrogen-bond donors (Lipinski definition) is 1. The number of nitrogens with one attached hydrogen (secondary N) is 1. The van der Waals surface area contributed by atoms with E-state index in [9.17, 15) is 9.59 Å². The fourth-order valence-corrected chi connectivity index (χ4v) is 4.11. The quantitative estimate of drug-likeness (QED) is 0.530. The largest absolute Gasteiger partial charge is 0.462 e. The molecule has 144 valence electrons. The summed E-state index contributed by atoms with van der Waals surface area (Å²) in [6.45, 7) is 4.22. The van der Waals surface area contributed by atoms with Crippen LogP contribution in [0.3, 0.4) is 0 Å². The molecular formula is C21H23Cl2NO3. The van der Waals surface area contributed by atoms with Gasteiger partial charge >= 0.3 is 5.97 Å². The molecule has 0 aromatic heterocycles. The zero-order chi connectivity index (χ0) is 19.6. The highest BCUT2D eigenvalue weighted by Gasteiger charge is 2.40. The lowest BCUT2D eigenvalue weighted by Crippen LogP contribution is -2.34. The number of allylic oxidation sites excluding steroid dienone is 3. The Kier molecular flexibility index (Phi) is 6.28. The Morgan fingerprint density at radius 1 is 1.30 bits per heavy atom. The summed E-state index contributed by atoms with van der Waals surface area (Å²) >= 11 is 12.7. The number of dihydropyridines is 1. The molecule has 0 amide bonds. The van der Waals surface area contributed by atoms with Crippen molar-refractivity contribution in [3.05, 3.63) is 56.3 Å². The molecule has 3 rings (SSSR count). The number of ketones is 1. The highest BCUT2D eigenvalue weighted by molar-refractivity contribution is 6.42. The maximum atomic E-state index is 12.9. The molecule has 1 aliphatic carbocycles. The minimum atomic E-state index is -0.561. The maximum absolute atomic E-state index is 12.9. The van der Waals surface area contributed by atoms with E-state index in [0.717, 1.165) is 31.4 Å². The van der Waals surface area contributed by atoms with Gasteiger partial charge in [-0.15, -0.1) is 0 Å². The van der Waals surface area contributed by atoms with E-state index in [1.807, 2.05) is 19.9 Å². The normalized spacial score (nSPS) is 19.7. The van der Waals surface area contributed by atoms with Gasteiger partial charge in [0.25, 0.3) is 0 Å². The van der Waals surface area contributed by atoms with Gasteiger partial charge in [0.1, 0.15) is 0 Å². The summed E-state index contributed by atoms with van der Waals surface area (Å²) in [7, 11) is 0. The van der Waals surface area contributed by atoms with Crippen LogP contribution in [-0.4, -0.2) is 18.4 Å². The number of ether oxygens (including phenoxy) is 1. The minimum absolute atomic E-state index is 0.0381. The van der Waals surface area contributed by atoms with Gasteiger partial charge in [-0.25, -0.2) is 4.79 Å². The second-order valence-electron chi connectivity index (χ2n) is 6.90. The average molecular weight is 408 g/mol. The van der Waals surface area contributed by atoms with Crippen LogP contribution in [0.2, 0.25) is 10.0 Å². The van der Waals surface area contributed by atoms with Gasteiger partial charge in [-0.3, -0.25) is 4.79 Å². The maximum Gasteiger partial charge on any atom is 0.336 e. The molecule has 1 aliphatic heterocycles. The molecule has 0 saturated carbocycles. The SMILES string of the molecule is CCCCOC(=O)C1=C(C)NC2=C(C(=O)CCC2)C1c1cccc(Cl)c1Cl. The van der Waals surface area contributed by atoms with Gasteiger partial charge in [-0.05, 0) is 37.8 Å². The summed E-state index contributed by atoms with van der Waals surface area (Å²) in [5.41, 5.74) is 3.28. The van der Waals surface area contributed by atoms with Crippen molar-refractivity contribution >= 4 is 35.0 Å². The van der Waals surface area contributed by atoms with Crippen LogP contribution in [0.1, 0.15) is 57.4 Å². The van der Waals surface area contributed by atoms with Crippen LogP contribution in [0, 0.1) is 0 Å². The van der Waals surface area contributed by atoms with Crippen molar-refractivity contribution in [3.63, 3.8) is 0 Å². The lowest BCUT2D eigenvalue weighted by atomic mass is 9.75. The van der Waals surface area contributed by atoms with E-state index < -0.39 is 11.9 Å². The predicted molar refractivity (Wildman–Crippen MR) is 107 cm³/mol. The first-order valence-corrected chi connectivity index (χ1v) is 10.1. The second-order valence-corrected chi connectivity index (χ2v) is 7.68. The lowest BCUT2D eigenvalue weighted by Gasteiger charge is -2.34. The number of hydrogen-bond acceptors (Lipinski definition) is 4. The molecule has 0 radical (unpaired) electrons. The van der Waals surface area contributed by atoms with E-state index in [0.29, 0.717) is 45.5 Å². The third-order valence-electron chi connectivity index (χ3n) is 5.02. The number of halogens is 2. The Balaban J connectivity index is 2.11. The van der Waals surface area contributed by atoms with Crippen LogP contribution in [0.4, 0.5) is 0 Å². The lowest BCUT2D eigenvalue weighted by molar-refractivity contribution is -0.139. The van der Waals surface area contributed by atoms with Crippen molar-refractivity contribution in [2.24, 2.45) is 0 Å². The number of unbranched alkanes of at least 4 members (excludes halogenated alkanes) is 1. The molecule has 0 fully saturated rings. The van der Waals surface area contributed by atoms with Crippen LogP contribution in [0.5, 0.6) is 0 Å². The van der Waals surface area contributed by atoms with E-state index in [-0.39, 0.29) is 5.78 Å². The molecule has 1 heterocycles. The number of rotatable bonds is 5. The fraction of sp³-hybridized carbons (Fsp3) is 0.429. The van der Waals surface area contributed by atoms with Gasteiger partial charge in [0.2, 0.25) is 0 Å². The van der Waals surface area contributed by atoms with Gasteiger partial charge < -0.3 is 10.1 Å². The number of Topliss-reactive ketones (excluding diaryl/α,β-unsaturated/α-hetero) is 1. The molecule has 6 heteroatoms. The second kappa shape index (κ2) is 8.49. The van der Waals surface area contributed by atoms with E-state index in [1.54, 1.807) is 12.1 Å². The van der Waals surface area contributed by atoms with Crippen molar-refractivity contribution in [2.45, 2.75) is 51.9 Å². The molecule has 1 aromatic carbocycles. The van der Waals surface area contributed by atoms with Crippen LogP contribution in [-0.2, 0) is 14.3 Å². The monoisotopic (exact) mass is 407 g/mol. The molecule has 1 aromatic rings. The van der Waals surface area contributed by atoms with Crippen LogP contribution in [0.15, 0.2) is 40.7 Å². The number of carbonyl (C=O) groups excluding carboxylic acids is 2. The minimum Gasteiger partial charge on any atom is -0.462 e. The number of benzene rings is 1. The molecular weight excluding hydrogens is 385 g/mol. The summed E-state index contributed by atoms with van der Waals surface area (Å²) in [6.07, 6.45) is 3.75. The van der Waals surface area contributed by atoms with Gasteiger partial charge in [0.15, 0.2) is 5.78 Å². The predicted octanol–water partition coefficient (Wildman–Crippen LogP) is 5.30. The van der Waals surface area contributed by atoms with E-state index in [4.69, 9.17) is 27.9 Å². The van der Waals surface area contributed by atoms with Crippen molar-refractivity contribution in [2.75, 3.05) is 6.61 Å². The molecule has 1 N–H and O–H groups in total. The van der Waals surface area contributed by atoms with Crippen LogP contribution >= 0.6 is 23.2 Å². The average Bonchev–Trinajstić information content (AvgIpc) is 2.63. The molecule has 0 spiro atoms. The first kappa shape index (κ1) is 20.0. The Morgan fingerprint density at radius 3 is 2.81 bits per heavy atom. The van der Waals surface area contributed by atoms with E-state index in [1.165, 1.54) is 0 Å². The Morgan fingerprint density at radius 2 is 2.07 bits per heavy atom. The molecule has 1 unspecified atom stereocenters. The van der Waals surface area contributed by atoms with Crippen LogP contribution in [0.25, 0.3) is 0 Å². The number of esters is 1. The summed E-state index contributed by atoms with van der Waals surface area (Å²) in [6, 6.07) is 5.31. The fourth-order valence-electron chi connectivity index (χ4n) is 3.70. The van der Waals surface area contributed by atoms with Crippen molar-refractivity contribution in [3.8, 4) is 0 Å². The van der Waals surface area contributed by atoms with Crippen molar-refractivity contribution < 1.29 is 14.3 Å².